The molecular formula is C20H17F3N4O. The second-order valence-electron chi connectivity index (χ2n) is 6.47. The summed E-state index contributed by atoms with van der Waals surface area (Å²) in [6.07, 6.45) is 1.20. The Morgan fingerprint density at radius 1 is 1.25 bits per heavy atom. The summed E-state index contributed by atoms with van der Waals surface area (Å²) in [6, 6.07) is 10.6. The minimum Gasteiger partial charge on any atom is -0.335 e. The van der Waals surface area contributed by atoms with E-state index in [1.54, 1.807) is 44.2 Å². The molecule has 1 aromatic carbocycles. The SMILES string of the molecule is C#C[C@](C)(CC)NC(=O)c1cc2nc(-c3ccccc3)cc(C(F)(F)F)n2n1. The maximum Gasteiger partial charge on any atom is 0.433 e. The molecular weight excluding hydrogens is 369 g/mol. The number of halogens is 3. The smallest absolute Gasteiger partial charge is 0.335 e. The molecule has 0 saturated heterocycles. The van der Waals surface area contributed by atoms with E-state index in [1.165, 1.54) is 6.07 Å². The lowest BCUT2D eigenvalue weighted by atomic mass is 10.0. The van der Waals surface area contributed by atoms with E-state index in [0.717, 1.165) is 6.07 Å². The summed E-state index contributed by atoms with van der Waals surface area (Å²) in [4.78, 5) is 16.7. The van der Waals surface area contributed by atoms with Crippen LogP contribution < -0.4 is 5.32 Å². The Kier molecular flexibility index (Phi) is 4.86. The van der Waals surface area contributed by atoms with E-state index in [9.17, 15) is 18.0 Å². The lowest BCUT2D eigenvalue weighted by Gasteiger charge is -2.22. The number of fused-ring (bicyclic) bond motifs is 1. The van der Waals surface area contributed by atoms with E-state index >= 15 is 0 Å². The molecule has 28 heavy (non-hydrogen) atoms. The van der Waals surface area contributed by atoms with Crippen LogP contribution in [0.15, 0.2) is 42.5 Å². The van der Waals surface area contributed by atoms with E-state index < -0.39 is 23.3 Å². The number of hydrogen-bond acceptors (Lipinski definition) is 3. The van der Waals surface area contributed by atoms with Crippen LogP contribution in [0.25, 0.3) is 16.9 Å². The number of benzene rings is 1. The second kappa shape index (κ2) is 7.00. The zero-order valence-corrected chi connectivity index (χ0v) is 15.2. The van der Waals surface area contributed by atoms with Gasteiger partial charge in [0, 0.05) is 11.6 Å². The number of nitrogens with one attached hydrogen (secondary N) is 1. The number of nitrogens with zero attached hydrogens (tertiary/aromatic N) is 3. The molecule has 0 bridgehead atoms. The number of hydrogen-bond donors (Lipinski definition) is 1. The molecule has 0 saturated carbocycles. The number of aromatic nitrogens is 3. The summed E-state index contributed by atoms with van der Waals surface area (Å²) in [7, 11) is 0. The van der Waals surface area contributed by atoms with Crippen LogP contribution in [0.4, 0.5) is 13.2 Å². The first kappa shape index (κ1) is 19.4. The standard InChI is InChI=1S/C20H17F3N4O/c1-4-19(3,5-2)25-18(28)15-12-17-24-14(13-9-7-6-8-10-13)11-16(20(21,22)23)27(17)26-15/h1,6-12H,5H2,2-3H3,(H,25,28)/t19-/m1/s1. The Balaban J connectivity index is 2.12. The van der Waals surface area contributed by atoms with Crippen molar-refractivity contribution in [3.63, 3.8) is 0 Å². The summed E-state index contributed by atoms with van der Waals surface area (Å²) >= 11 is 0. The molecule has 1 amide bonds. The fraction of sp³-hybridized carbons (Fsp3) is 0.250. The van der Waals surface area contributed by atoms with Gasteiger partial charge in [0.2, 0.25) is 0 Å². The zero-order chi connectivity index (χ0) is 20.5. The molecule has 0 aliphatic carbocycles. The summed E-state index contributed by atoms with van der Waals surface area (Å²) < 4.78 is 41.4. The van der Waals surface area contributed by atoms with Gasteiger partial charge in [-0.15, -0.1) is 6.42 Å². The lowest BCUT2D eigenvalue weighted by molar-refractivity contribution is -0.142. The zero-order valence-electron chi connectivity index (χ0n) is 15.2. The Bertz CT molecular complexity index is 1070. The third-order valence-electron chi connectivity index (χ3n) is 4.43. The van der Waals surface area contributed by atoms with Gasteiger partial charge < -0.3 is 5.32 Å². The highest BCUT2D eigenvalue weighted by molar-refractivity contribution is 5.94. The quantitative estimate of drug-likeness (QED) is 0.691. The third-order valence-corrected chi connectivity index (χ3v) is 4.43. The van der Waals surface area contributed by atoms with Crippen LogP contribution in [0.2, 0.25) is 0 Å². The molecule has 8 heteroatoms. The van der Waals surface area contributed by atoms with Crippen molar-refractivity contribution in [2.45, 2.75) is 32.0 Å². The second-order valence-corrected chi connectivity index (χ2v) is 6.47. The summed E-state index contributed by atoms with van der Waals surface area (Å²) in [6.45, 7) is 3.44. The molecule has 5 nitrogen and oxygen atoms in total. The number of alkyl halides is 3. The van der Waals surface area contributed by atoms with Gasteiger partial charge in [-0.05, 0) is 19.4 Å². The van der Waals surface area contributed by atoms with Crippen LogP contribution in [0.5, 0.6) is 0 Å². The van der Waals surface area contributed by atoms with E-state index in [0.29, 0.717) is 16.5 Å². The van der Waals surface area contributed by atoms with Crippen LogP contribution in [-0.2, 0) is 6.18 Å². The average Bonchev–Trinajstić information content (AvgIpc) is 3.11. The maximum absolute atomic E-state index is 13.6. The van der Waals surface area contributed by atoms with Crippen LogP contribution in [0, 0.1) is 12.3 Å². The Labute approximate surface area is 159 Å². The average molecular weight is 386 g/mol. The van der Waals surface area contributed by atoms with E-state index in [-0.39, 0.29) is 17.0 Å². The van der Waals surface area contributed by atoms with Crippen LogP contribution in [0.1, 0.15) is 36.5 Å². The molecule has 2 aromatic heterocycles. The van der Waals surface area contributed by atoms with Gasteiger partial charge in [-0.1, -0.05) is 43.2 Å². The number of rotatable bonds is 4. The van der Waals surface area contributed by atoms with Crippen molar-refractivity contribution in [2.75, 3.05) is 0 Å². The van der Waals surface area contributed by atoms with Gasteiger partial charge in [-0.3, -0.25) is 4.79 Å². The van der Waals surface area contributed by atoms with Crippen molar-refractivity contribution in [2.24, 2.45) is 0 Å². The summed E-state index contributed by atoms with van der Waals surface area (Å²) in [5.74, 6) is 1.80. The Hall–Kier alpha value is -3.34. The van der Waals surface area contributed by atoms with Crippen molar-refractivity contribution < 1.29 is 18.0 Å². The molecule has 144 valence electrons. The van der Waals surface area contributed by atoms with Gasteiger partial charge in [0.1, 0.15) is 0 Å². The van der Waals surface area contributed by atoms with Crippen molar-refractivity contribution in [3.8, 4) is 23.6 Å². The van der Waals surface area contributed by atoms with E-state index in [2.05, 4.69) is 21.3 Å². The minimum atomic E-state index is -4.68. The highest BCUT2D eigenvalue weighted by atomic mass is 19.4. The first-order chi connectivity index (χ1) is 13.2. The molecule has 0 unspecified atom stereocenters. The van der Waals surface area contributed by atoms with E-state index in [1.807, 2.05) is 0 Å². The van der Waals surface area contributed by atoms with Gasteiger partial charge in [-0.25, -0.2) is 9.50 Å². The highest BCUT2D eigenvalue weighted by Gasteiger charge is 2.36. The fourth-order valence-electron chi connectivity index (χ4n) is 2.59. The number of carbonyl (C=O) groups is 1. The van der Waals surface area contributed by atoms with Crippen molar-refractivity contribution in [1.29, 1.82) is 0 Å². The van der Waals surface area contributed by atoms with E-state index in [4.69, 9.17) is 6.42 Å². The van der Waals surface area contributed by atoms with Crippen LogP contribution in [0.3, 0.4) is 0 Å². The summed E-state index contributed by atoms with van der Waals surface area (Å²) in [5, 5.41) is 6.43. The molecule has 3 aromatic rings. The maximum atomic E-state index is 13.6. The van der Waals surface area contributed by atoms with Crippen LogP contribution in [-0.4, -0.2) is 26.0 Å². The molecule has 0 radical (unpaired) electrons. The number of terminal acetylenes is 1. The lowest BCUT2D eigenvalue weighted by Crippen LogP contribution is -2.44. The minimum absolute atomic E-state index is 0.0854. The molecule has 0 fully saturated rings. The number of amides is 1. The normalized spacial score (nSPS) is 13.7. The van der Waals surface area contributed by atoms with Crippen LogP contribution >= 0.6 is 0 Å². The first-order valence-corrected chi connectivity index (χ1v) is 8.50. The molecule has 2 heterocycles. The monoisotopic (exact) mass is 386 g/mol. The van der Waals surface area contributed by atoms with Gasteiger partial charge >= 0.3 is 6.18 Å². The molecule has 0 spiro atoms. The predicted octanol–water partition coefficient (Wildman–Crippen LogP) is 3.95. The Morgan fingerprint density at radius 2 is 1.93 bits per heavy atom. The molecule has 1 N–H and O–H groups in total. The number of carbonyl (C=O) groups excluding carboxylic acids is 1. The largest absolute Gasteiger partial charge is 0.433 e. The Morgan fingerprint density at radius 3 is 2.50 bits per heavy atom. The molecule has 3 rings (SSSR count). The third kappa shape index (κ3) is 3.69. The fourth-order valence-corrected chi connectivity index (χ4v) is 2.59. The van der Waals surface area contributed by atoms with Gasteiger partial charge in [0.25, 0.3) is 5.91 Å². The van der Waals surface area contributed by atoms with Crippen molar-refractivity contribution in [1.82, 2.24) is 19.9 Å². The summed E-state index contributed by atoms with van der Waals surface area (Å²) in [5.41, 5.74) is -1.58. The predicted molar refractivity (Wildman–Crippen MR) is 98.4 cm³/mol. The van der Waals surface area contributed by atoms with Crippen molar-refractivity contribution in [3.05, 3.63) is 53.9 Å². The topological polar surface area (TPSA) is 59.3 Å². The highest BCUT2D eigenvalue weighted by Crippen LogP contribution is 2.32. The van der Waals surface area contributed by atoms with Gasteiger partial charge in [0.15, 0.2) is 17.0 Å². The molecule has 0 aliphatic heterocycles. The molecule has 0 aliphatic rings. The van der Waals surface area contributed by atoms with Crippen molar-refractivity contribution >= 4 is 11.6 Å². The first-order valence-electron chi connectivity index (χ1n) is 8.50. The van der Waals surface area contributed by atoms with Gasteiger partial charge in [0.05, 0.1) is 11.2 Å². The molecule has 1 atom stereocenters. The van der Waals surface area contributed by atoms with Gasteiger partial charge in [-0.2, -0.15) is 18.3 Å².